The molecule has 0 fully saturated rings. The number of hydrogen-bond donors (Lipinski definition) is 1. The van der Waals surface area contributed by atoms with Crippen molar-refractivity contribution in [2.45, 2.75) is 32.7 Å². The third-order valence-corrected chi connectivity index (χ3v) is 3.45. The fraction of sp³-hybridized carbons (Fsp3) is 0.471. The van der Waals surface area contributed by atoms with Crippen molar-refractivity contribution in [2.75, 3.05) is 21.3 Å². The number of ether oxygens (including phenoxy) is 3. The average Bonchev–Trinajstić information content (AvgIpc) is 2.56. The van der Waals surface area contributed by atoms with Crippen molar-refractivity contribution in [3.8, 4) is 17.2 Å². The van der Waals surface area contributed by atoms with Crippen molar-refractivity contribution < 1.29 is 19.0 Å². The highest BCUT2D eigenvalue weighted by Gasteiger charge is 2.12. The largest absolute Gasteiger partial charge is 0.493 e. The number of hydrogen-bond acceptors (Lipinski definition) is 4. The number of benzene rings is 1. The third-order valence-electron chi connectivity index (χ3n) is 3.45. The molecule has 22 heavy (non-hydrogen) atoms. The normalized spacial score (nSPS) is 10.8. The van der Waals surface area contributed by atoms with Gasteiger partial charge in [0.15, 0.2) is 11.5 Å². The first-order valence-corrected chi connectivity index (χ1v) is 7.38. The van der Waals surface area contributed by atoms with Crippen LogP contribution in [0.4, 0.5) is 0 Å². The molecule has 0 radical (unpaired) electrons. The number of methoxy groups -OCH3 is 3. The van der Waals surface area contributed by atoms with Crippen molar-refractivity contribution in [3.63, 3.8) is 0 Å². The van der Waals surface area contributed by atoms with Crippen LogP contribution >= 0.6 is 0 Å². The first-order chi connectivity index (χ1) is 10.6. The lowest BCUT2D eigenvalue weighted by molar-refractivity contribution is -0.117. The Kier molecular flexibility index (Phi) is 7.29. The Balaban J connectivity index is 2.93. The Bertz CT molecular complexity index is 496. The molecule has 0 saturated carbocycles. The molecule has 0 bridgehead atoms. The van der Waals surface area contributed by atoms with Gasteiger partial charge in [-0.15, -0.1) is 0 Å². The monoisotopic (exact) mass is 307 g/mol. The molecule has 0 spiro atoms. The van der Waals surface area contributed by atoms with E-state index in [4.69, 9.17) is 14.2 Å². The lowest BCUT2D eigenvalue weighted by Gasteiger charge is -2.13. The molecule has 5 heteroatoms. The van der Waals surface area contributed by atoms with Gasteiger partial charge in [0.1, 0.15) is 0 Å². The number of nitrogens with one attached hydrogen (secondary N) is 1. The minimum atomic E-state index is -0.109. The molecular weight excluding hydrogens is 282 g/mol. The van der Waals surface area contributed by atoms with E-state index >= 15 is 0 Å². The SMILES string of the molecule is CCC(CC)NC(=O)C=Cc1cc(OC)c(OC)c(OC)c1. The van der Waals surface area contributed by atoms with Crippen LogP contribution in [0.1, 0.15) is 32.3 Å². The molecule has 0 aliphatic heterocycles. The van der Waals surface area contributed by atoms with E-state index in [0.717, 1.165) is 18.4 Å². The average molecular weight is 307 g/mol. The predicted molar refractivity (Wildman–Crippen MR) is 87.6 cm³/mol. The van der Waals surface area contributed by atoms with E-state index in [-0.39, 0.29) is 11.9 Å². The fourth-order valence-corrected chi connectivity index (χ4v) is 2.11. The van der Waals surface area contributed by atoms with Gasteiger partial charge in [-0.05, 0) is 36.6 Å². The van der Waals surface area contributed by atoms with Crippen molar-refractivity contribution in [1.82, 2.24) is 5.32 Å². The second-order valence-electron chi connectivity index (χ2n) is 4.81. The van der Waals surface area contributed by atoms with Crippen molar-refractivity contribution in [2.24, 2.45) is 0 Å². The molecular formula is C17H25NO4. The molecule has 1 aromatic carbocycles. The summed E-state index contributed by atoms with van der Waals surface area (Å²) in [5.41, 5.74) is 0.800. The van der Waals surface area contributed by atoms with Gasteiger partial charge in [0.05, 0.1) is 21.3 Å². The summed E-state index contributed by atoms with van der Waals surface area (Å²) in [6.45, 7) is 4.11. The molecule has 0 aromatic heterocycles. The molecule has 1 N–H and O–H groups in total. The molecule has 0 heterocycles. The summed E-state index contributed by atoms with van der Waals surface area (Å²) >= 11 is 0. The predicted octanol–water partition coefficient (Wildman–Crippen LogP) is 3.03. The van der Waals surface area contributed by atoms with Crippen LogP contribution in [-0.4, -0.2) is 33.3 Å². The second-order valence-corrected chi connectivity index (χ2v) is 4.81. The van der Waals surface area contributed by atoms with E-state index in [9.17, 15) is 4.79 Å². The summed E-state index contributed by atoms with van der Waals surface area (Å²) in [7, 11) is 4.67. The van der Waals surface area contributed by atoms with Crippen LogP contribution < -0.4 is 19.5 Å². The van der Waals surface area contributed by atoms with Crippen LogP contribution in [0.15, 0.2) is 18.2 Å². The van der Waals surface area contributed by atoms with Gasteiger partial charge >= 0.3 is 0 Å². The Morgan fingerprint density at radius 3 is 2.05 bits per heavy atom. The van der Waals surface area contributed by atoms with Gasteiger partial charge in [0.2, 0.25) is 11.7 Å². The quantitative estimate of drug-likeness (QED) is 0.750. The lowest BCUT2D eigenvalue weighted by atomic mass is 10.1. The molecule has 1 aromatic rings. The third kappa shape index (κ3) is 4.69. The summed E-state index contributed by atoms with van der Waals surface area (Å²) in [6, 6.07) is 3.79. The van der Waals surface area contributed by atoms with Crippen molar-refractivity contribution in [3.05, 3.63) is 23.8 Å². The maximum Gasteiger partial charge on any atom is 0.244 e. The van der Waals surface area contributed by atoms with Crippen LogP contribution in [0.25, 0.3) is 6.08 Å². The fourth-order valence-electron chi connectivity index (χ4n) is 2.11. The first kappa shape index (κ1) is 17.9. The summed E-state index contributed by atoms with van der Waals surface area (Å²) in [6.07, 6.45) is 5.07. The van der Waals surface area contributed by atoms with E-state index in [0.29, 0.717) is 17.2 Å². The van der Waals surface area contributed by atoms with Crippen LogP contribution in [-0.2, 0) is 4.79 Å². The number of carbonyl (C=O) groups is 1. The maximum absolute atomic E-state index is 11.9. The van der Waals surface area contributed by atoms with Crippen LogP contribution in [0.2, 0.25) is 0 Å². The zero-order valence-electron chi connectivity index (χ0n) is 13.9. The Hall–Kier alpha value is -2.17. The van der Waals surface area contributed by atoms with Crippen LogP contribution in [0.5, 0.6) is 17.2 Å². The standard InChI is InChI=1S/C17H25NO4/c1-6-13(7-2)18-16(19)9-8-12-10-14(20-3)17(22-5)15(11-12)21-4/h8-11,13H,6-7H2,1-5H3,(H,18,19). The van der Waals surface area contributed by atoms with Gasteiger partial charge in [-0.1, -0.05) is 13.8 Å². The number of amides is 1. The smallest absolute Gasteiger partial charge is 0.244 e. The van der Waals surface area contributed by atoms with Crippen molar-refractivity contribution in [1.29, 1.82) is 0 Å². The summed E-state index contributed by atoms with van der Waals surface area (Å²) < 4.78 is 15.8. The van der Waals surface area contributed by atoms with Gasteiger partial charge in [-0.3, -0.25) is 4.79 Å². The molecule has 1 rings (SSSR count). The second kappa shape index (κ2) is 8.97. The molecule has 5 nitrogen and oxygen atoms in total. The van der Waals surface area contributed by atoms with E-state index in [2.05, 4.69) is 19.2 Å². The highest BCUT2D eigenvalue weighted by molar-refractivity contribution is 5.92. The molecule has 0 aliphatic carbocycles. The molecule has 122 valence electrons. The minimum Gasteiger partial charge on any atom is -0.493 e. The molecule has 0 saturated heterocycles. The van der Waals surface area contributed by atoms with Crippen LogP contribution in [0, 0.1) is 0 Å². The van der Waals surface area contributed by atoms with Gasteiger partial charge in [0, 0.05) is 12.1 Å². The summed E-state index contributed by atoms with van der Waals surface area (Å²) in [4.78, 5) is 11.9. The van der Waals surface area contributed by atoms with Crippen LogP contribution in [0.3, 0.4) is 0 Å². The molecule has 0 aliphatic rings. The summed E-state index contributed by atoms with van der Waals surface area (Å²) in [5.74, 6) is 1.54. The highest BCUT2D eigenvalue weighted by atomic mass is 16.5. The Morgan fingerprint density at radius 2 is 1.64 bits per heavy atom. The maximum atomic E-state index is 11.9. The van der Waals surface area contributed by atoms with Crippen molar-refractivity contribution >= 4 is 12.0 Å². The molecule has 1 amide bonds. The molecule has 0 atom stereocenters. The minimum absolute atomic E-state index is 0.109. The zero-order chi connectivity index (χ0) is 16.5. The molecule has 0 unspecified atom stereocenters. The van der Waals surface area contributed by atoms with E-state index < -0.39 is 0 Å². The van der Waals surface area contributed by atoms with Gasteiger partial charge in [0.25, 0.3) is 0 Å². The van der Waals surface area contributed by atoms with E-state index in [1.165, 1.54) is 6.08 Å². The van der Waals surface area contributed by atoms with E-state index in [1.807, 2.05) is 0 Å². The first-order valence-electron chi connectivity index (χ1n) is 7.38. The summed E-state index contributed by atoms with van der Waals surface area (Å²) in [5, 5.41) is 2.95. The zero-order valence-corrected chi connectivity index (χ0v) is 13.9. The van der Waals surface area contributed by atoms with Gasteiger partial charge in [-0.25, -0.2) is 0 Å². The topological polar surface area (TPSA) is 56.8 Å². The Morgan fingerprint density at radius 1 is 1.09 bits per heavy atom. The van der Waals surface area contributed by atoms with Gasteiger partial charge < -0.3 is 19.5 Å². The highest BCUT2D eigenvalue weighted by Crippen LogP contribution is 2.38. The van der Waals surface area contributed by atoms with E-state index in [1.54, 1.807) is 39.5 Å². The number of rotatable bonds is 8. The van der Waals surface area contributed by atoms with Gasteiger partial charge in [-0.2, -0.15) is 0 Å². The number of carbonyl (C=O) groups excluding carboxylic acids is 1. The lowest BCUT2D eigenvalue weighted by Crippen LogP contribution is -2.32. The Labute approximate surface area is 132 Å².